The van der Waals surface area contributed by atoms with Crippen LogP contribution in [0.15, 0.2) is 67.3 Å². The molecule has 1 saturated carbocycles. The molecule has 6 nitrogen and oxygen atoms in total. The molecule has 0 N–H and O–H groups in total. The molecule has 198 valence electrons. The number of nitrogens with zero attached hydrogens (tertiary/aromatic N) is 2. The maximum absolute atomic E-state index is 13.3. The second-order valence-electron chi connectivity index (χ2n) is 10.2. The van der Waals surface area contributed by atoms with E-state index in [0.717, 1.165) is 62.4 Å². The normalized spacial score (nSPS) is 25.9. The van der Waals surface area contributed by atoms with Gasteiger partial charge in [-0.05, 0) is 73.7 Å². The van der Waals surface area contributed by atoms with Crippen molar-refractivity contribution in [2.45, 2.75) is 42.7 Å². The monoisotopic (exact) mass is 504 g/mol. The molecule has 1 aliphatic carbocycles. The van der Waals surface area contributed by atoms with Gasteiger partial charge in [-0.2, -0.15) is 0 Å². The predicted octanol–water partition coefficient (Wildman–Crippen LogP) is 4.94. The van der Waals surface area contributed by atoms with Crippen molar-refractivity contribution in [2.75, 3.05) is 48.0 Å². The molecule has 37 heavy (non-hydrogen) atoms. The van der Waals surface area contributed by atoms with Gasteiger partial charge < -0.3 is 19.1 Å². The van der Waals surface area contributed by atoms with E-state index in [1.54, 1.807) is 20.3 Å². The Labute approximate surface area is 221 Å². The van der Waals surface area contributed by atoms with Crippen molar-refractivity contribution in [3.05, 3.63) is 78.4 Å². The number of benzene rings is 2. The van der Waals surface area contributed by atoms with Crippen LogP contribution in [0.2, 0.25) is 0 Å². The number of fused-ring (bicyclic) bond motifs is 1. The fourth-order valence-corrected chi connectivity index (χ4v) is 6.37. The summed E-state index contributed by atoms with van der Waals surface area (Å²) in [6.45, 7) is 6.59. The van der Waals surface area contributed by atoms with Crippen LogP contribution >= 0.6 is 0 Å². The van der Waals surface area contributed by atoms with Gasteiger partial charge >= 0.3 is 0 Å². The smallest absolute Gasteiger partial charge is 0.246 e. The first-order valence-electron chi connectivity index (χ1n) is 13.0. The zero-order valence-corrected chi connectivity index (χ0v) is 22.6. The molecule has 1 heterocycles. The summed E-state index contributed by atoms with van der Waals surface area (Å²) < 4.78 is 17.4. The van der Waals surface area contributed by atoms with Gasteiger partial charge in [0.25, 0.3) is 0 Å². The van der Waals surface area contributed by atoms with E-state index in [1.165, 1.54) is 5.56 Å². The van der Waals surface area contributed by atoms with Crippen LogP contribution in [0.1, 0.15) is 36.8 Å². The number of hydrogen-bond acceptors (Lipinski definition) is 5. The lowest BCUT2D eigenvalue weighted by atomic mass is 9.55. The van der Waals surface area contributed by atoms with Gasteiger partial charge in [0.05, 0.1) is 19.8 Å². The van der Waals surface area contributed by atoms with Gasteiger partial charge in [0, 0.05) is 44.8 Å². The van der Waals surface area contributed by atoms with Crippen molar-refractivity contribution in [1.82, 2.24) is 9.80 Å². The SMILES string of the molecule is C=CCN1CC[C@@]2(c3cccc(OC)c3)C[C@@H](N(C)C(=O)C=Cc3cccc(OC)c3)CC[C@]2(OC)C1. The van der Waals surface area contributed by atoms with E-state index in [9.17, 15) is 4.79 Å². The van der Waals surface area contributed by atoms with Crippen molar-refractivity contribution in [1.29, 1.82) is 0 Å². The maximum Gasteiger partial charge on any atom is 0.246 e. The van der Waals surface area contributed by atoms with E-state index in [2.05, 4.69) is 29.7 Å². The Morgan fingerprint density at radius 1 is 1.11 bits per heavy atom. The predicted molar refractivity (Wildman–Crippen MR) is 148 cm³/mol. The minimum atomic E-state index is -0.350. The number of hydrogen-bond donors (Lipinski definition) is 0. The summed E-state index contributed by atoms with van der Waals surface area (Å²) in [5, 5.41) is 0. The molecule has 0 radical (unpaired) electrons. The molecule has 2 aromatic rings. The largest absolute Gasteiger partial charge is 0.497 e. The third kappa shape index (κ3) is 5.32. The van der Waals surface area contributed by atoms with Gasteiger partial charge in [0.15, 0.2) is 0 Å². The van der Waals surface area contributed by atoms with Crippen molar-refractivity contribution in [3.8, 4) is 11.5 Å². The molecule has 6 heteroatoms. The van der Waals surface area contributed by atoms with E-state index in [1.807, 2.05) is 61.5 Å². The lowest BCUT2D eigenvalue weighted by Gasteiger charge is -2.60. The van der Waals surface area contributed by atoms with E-state index in [0.29, 0.717) is 0 Å². The average Bonchev–Trinajstić information content (AvgIpc) is 2.95. The Kier molecular flexibility index (Phi) is 8.40. The molecule has 3 atom stereocenters. The van der Waals surface area contributed by atoms with Crippen LogP contribution in [0.25, 0.3) is 6.08 Å². The Morgan fingerprint density at radius 3 is 2.54 bits per heavy atom. The topological polar surface area (TPSA) is 51.2 Å². The molecule has 2 aromatic carbocycles. The molecule has 0 aromatic heterocycles. The molecule has 1 saturated heterocycles. The van der Waals surface area contributed by atoms with Gasteiger partial charge in [-0.15, -0.1) is 6.58 Å². The lowest BCUT2D eigenvalue weighted by Crippen LogP contribution is -2.68. The number of amides is 1. The van der Waals surface area contributed by atoms with Gasteiger partial charge in [0.2, 0.25) is 5.91 Å². The fraction of sp³-hybridized carbons (Fsp3) is 0.452. The summed E-state index contributed by atoms with van der Waals surface area (Å²) in [7, 11) is 7.12. The Balaban J connectivity index is 1.63. The number of ether oxygens (including phenoxy) is 3. The molecular weight excluding hydrogens is 464 g/mol. The van der Waals surface area contributed by atoms with Crippen LogP contribution in [0.3, 0.4) is 0 Å². The fourth-order valence-electron chi connectivity index (χ4n) is 6.37. The minimum Gasteiger partial charge on any atom is -0.497 e. The number of likely N-dealkylation sites (N-methyl/N-ethyl adjacent to an activating group) is 1. The second-order valence-corrected chi connectivity index (χ2v) is 10.2. The number of likely N-dealkylation sites (tertiary alicyclic amines) is 1. The highest BCUT2D eigenvalue weighted by Gasteiger charge is 2.59. The first kappa shape index (κ1) is 27.0. The minimum absolute atomic E-state index is 0.00243. The van der Waals surface area contributed by atoms with Crippen LogP contribution in [-0.2, 0) is 14.9 Å². The summed E-state index contributed by atoms with van der Waals surface area (Å²) >= 11 is 0. The maximum atomic E-state index is 13.3. The van der Waals surface area contributed by atoms with E-state index < -0.39 is 0 Å². The van der Waals surface area contributed by atoms with Crippen LogP contribution in [0.4, 0.5) is 0 Å². The van der Waals surface area contributed by atoms with Crippen molar-refractivity contribution in [2.24, 2.45) is 0 Å². The van der Waals surface area contributed by atoms with Gasteiger partial charge in [-0.25, -0.2) is 0 Å². The number of carbonyl (C=O) groups excluding carboxylic acids is 1. The van der Waals surface area contributed by atoms with E-state index >= 15 is 0 Å². The van der Waals surface area contributed by atoms with E-state index in [4.69, 9.17) is 14.2 Å². The van der Waals surface area contributed by atoms with Gasteiger partial charge in [-0.3, -0.25) is 9.69 Å². The Morgan fingerprint density at radius 2 is 1.84 bits per heavy atom. The number of rotatable bonds is 9. The van der Waals surface area contributed by atoms with Crippen LogP contribution in [0.5, 0.6) is 11.5 Å². The van der Waals surface area contributed by atoms with Crippen LogP contribution in [0, 0.1) is 0 Å². The zero-order chi connectivity index (χ0) is 26.5. The summed E-state index contributed by atoms with van der Waals surface area (Å²) in [4.78, 5) is 17.6. The molecule has 4 rings (SSSR count). The lowest BCUT2D eigenvalue weighted by molar-refractivity contribution is -0.157. The Hall–Kier alpha value is -3.09. The van der Waals surface area contributed by atoms with Crippen molar-refractivity contribution < 1.29 is 19.0 Å². The van der Waals surface area contributed by atoms with Crippen LogP contribution < -0.4 is 9.47 Å². The highest BCUT2D eigenvalue weighted by molar-refractivity contribution is 5.91. The summed E-state index contributed by atoms with van der Waals surface area (Å²) in [6, 6.07) is 16.2. The number of carbonyl (C=O) groups is 1. The second kappa shape index (κ2) is 11.5. The highest BCUT2D eigenvalue weighted by Crippen LogP contribution is 2.54. The van der Waals surface area contributed by atoms with Gasteiger partial charge in [-0.1, -0.05) is 30.3 Å². The molecule has 2 aliphatic rings. The molecule has 1 amide bonds. The third-order valence-electron chi connectivity index (χ3n) is 8.48. The molecule has 0 unspecified atom stereocenters. The summed E-state index contributed by atoms with van der Waals surface area (Å²) in [5.41, 5.74) is 1.58. The highest BCUT2D eigenvalue weighted by atomic mass is 16.5. The third-order valence-corrected chi connectivity index (χ3v) is 8.48. The Bertz CT molecular complexity index is 1130. The van der Waals surface area contributed by atoms with Crippen LogP contribution in [-0.4, -0.2) is 75.4 Å². The zero-order valence-electron chi connectivity index (χ0n) is 22.6. The standard InChI is InChI=1S/C31H40N2O4/c1-6-18-33-19-17-30(25-10-8-12-28(21-25)36-4)22-26(15-16-31(30,23-33)37-5)32(2)29(34)14-13-24-9-7-11-27(20-24)35-3/h6-14,20-21,26H,1,15-19,22-23H2,2-5H3/t26-,30-,31-/m0/s1. The summed E-state index contributed by atoms with van der Waals surface area (Å²) in [5.74, 6) is 1.62. The summed E-state index contributed by atoms with van der Waals surface area (Å²) in [6.07, 6.45) is 9.03. The average molecular weight is 505 g/mol. The first-order chi connectivity index (χ1) is 17.9. The number of methoxy groups -OCH3 is 3. The molecule has 2 fully saturated rings. The first-order valence-corrected chi connectivity index (χ1v) is 13.0. The van der Waals surface area contributed by atoms with Gasteiger partial charge in [0.1, 0.15) is 11.5 Å². The molecule has 0 spiro atoms. The number of piperidine rings is 1. The molecule has 0 bridgehead atoms. The molecular formula is C31H40N2O4. The van der Waals surface area contributed by atoms with Crippen molar-refractivity contribution >= 4 is 12.0 Å². The van der Waals surface area contributed by atoms with Crippen molar-refractivity contribution in [3.63, 3.8) is 0 Å². The molecule has 1 aliphatic heterocycles. The quantitative estimate of drug-likeness (QED) is 0.358. The van der Waals surface area contributed by atoms with E-state index in [-0.39, 0.29) is 23.0 Å².